The third-order valence-corrected chi connectivity index (χ3v) is 13.1. The van der Waals surface area contributed by atoms with Gasteiger partial charge in [-0.05, 0) is 83.1 Å². The Morgan fingerprint density at radius 1 is 1.17 bits per heavy atom. The Balaban J connectivity index is 2.13. The minimum Gasteiger partial charge on any atom is -0.410 e. The first-order valence-electron chi connectivity index (χ1n) is 12.1. The number of aryl methyl sites for hydroxylation is 1. The van der Waals surface area contributed by atoms with E-state index in [0.717, 1.165) is 45.5 Å². The van der Waals surface area contributed by atoms with Crippen molar-refractivity contribution in [2.24, 2.45) is 5.41 Å². The van der Waals surface area contributed by atoms with Crippen LogP contribution in [0.2, 0.25) is 18.1 Å². The summed E-state index contributed by atoms with van der Waals surface area (Å²) in [6.45, 7) is 17.6. The highest BCUT2D eigenvalue weighted by atomic mass is 127. The van der Waals surface area contributed by atoms with E-state index in [4.69, 9.17) is 9.41 Å². The Hall–Kier alpha value is -0.973. The van der Waals surface area contributed by atoms with Crippen molar-refractivity contribution in [1.82, 2.24) is 4.98 Å². The summed E-state index contributed by atoms with van der Waals surface area (Å²) in [6.07, 6.45) is -3.34. The van der Waals surface area contributed by atoms with Crippen LogP contribution in [0.4, 0.5) is 13.2 Å². The number of aromatic nitrogens is 1. The molecule has 1 aromatic heterocycles. The van der Waals surface area contributed by atoms with Gasteiger partial charge in [-0.3, -0.25) is 4.98 Å². The Morgan fingerprint density at radius 3 is 2.23 bits per heavy atom. The number of fused-ring (bicyclic) bond motifs is 1. The van der Waals surface area contributed by atoms with Gasteiger partial charge >= 0.3 is 6.18 Å². The number of alkyl halides is 3. The van der Waals surface area contributed by atoms with Crippen LogP contribution >= 0.6 is 22.6 Å². The van der Waals surface area contributed by atoms with Crippen molar-refractivity contribution in [1.29, 1.82) is 0 Å². The van der Waals surface area contributed by atoms with Crippen LogP contribution in [-0.2, 0) is 23.4 Å². The second kappa shape index (κ2) is 9.72. The Labute approximate surface area is 222 Å². The van der Waals surface area contributed by atoms with E-state index >= 15 is 0 Å². The van der Waals surface area contributed by atoms with E-state index < -0.39 is 26.2 Å². The number of benzene rings is 1. The third kappa shape index (κ3) is 5.96. The van der Waals surface area contributed by atoms with Crippen molar-refractivity contribution >= 4 is 30.9 Å². The van der Waals surface area contributed by atoms with E-state index in [-0.39, 0.29) is 16.6 Å². The molecule has 0 amide bonds. The van der Waals surface area contributed by atoms with Gasteiger partial charge in [0.2, 0.25) is 0 Å². The van der Waals surface area contributed by atoms with Crippen molar-refractivity contribution in [2.75, 3.05) is 0 Å². The maximum atomic E-state index is 13.1. The molecular formula is C27H37F3INO2Si. The number of aliphatic hydroxyl groups excluding tert-OH is 1. The fourth-order valence-electron chi connectivity index (χ4n) is 4.47. The molecule has 35 heavy (non-hydrogen) atoms. The van der Waals surface area contributed by atoms with Crippen LogP contribution in [-0.4, -0.2) is 18.4 Å². The van der Waals surface area contributed by atoms with Gasteiger partial charge in [-0.2, -0.15) is 13.2 Å². The lowest BCUT2D eigenvalue weighted by Crippen LogP contribution is -2.44. The quantitative estimate of drug-likeness (QED) is 0.270. The summed E-state index contributed by atoms with van der Waals surface area (Å²) in [4.78, 5) is 5.02. The molecule has 2 aromatic rings. The summed E-state index contributed by atoms with van der Waals surface area (Å²) in [5.41, 5.74) is 3.22. The standard InChI is InChI=1S/C27H37F3INO2Si/c1-9-18-22(24(33)16-10-12-17(13-11-16)27(28,29)30)23(31)21-19(32-18)14-26(5,6)15-20(21)34-35(7,8)25(2,3)4/h10-13,20,24,33H,9,14-15H2,1-8H3/t20-,24?/m1/s1. The van der Waals surface area contributed by atoms with Gasteiger partial charge < -0.3 is 9.53 Å². The average Bonchev–Trinajstić information content (AvgIpc) is 2.70. The van der Waals surface area contributed by atoms with Crippen LogP contribution in [0.3, 0.4) is 0 Å². The fraction of sp³-hybridized carbons (Fsp3) is 0.593. The first-order valence-corrected chi connectivity index (χ1v) is 16.1. The van der Waals surface area contributed by atoms with Gasteiger partial charge in [-0.1, -0.05) is 53.7 Å². The maximum absolute atomic E-state index is 13.1. The molecular weight excluding hydrogens is 582 g/mol. The molecule has 1 heterocycles. The number of rotatable bonds is 5. The molecule has 3 rings (SSSR count). The molecule has 0 spiro atoms. The molecule has 1 aromatic carbocycles. The Bertz CT molecular complexity index is 1080. The zero-order valence-corrected chi connectivity index (χ0v) is 25.1. The highest BCUT2D eigenvalue weighted by Gasteiger charge is 2.44. The summed E-state index contributed by atoms with van der Waals surface area (Å²) in [5, 5.41) is 11.4. The largest absolute Gasteiger partial charge is 0.416 e. The number of aliphatic hydroxyl groups is 1. The van der Waals surface area contributed by atoms with Crippen LogP contribution in [0.25, 0.3) is 0 Å². The van der Waals surface area contributed by atoms with E-state index in [1.807, 2.05) is 6.92 Å². The van der Waals surface area contributed by atoms with E-state index in [2.05, 4.69) is 70.3 Å². The fourth-order valence-corrected chi connectivity index (χ4v) is 7.01. The highest BCUT2D eigenvalue weighted by molar-refractivity contribution is 14.1. The molecule has 0 bridgehead atoms. The summed E-state index contributed by atoms with van der Waals surface area (Å²) < 4.78 is 47.0. The van der Waals surface area contributed by atoms with E-state index in [1.165, 1.54) is 12.1 Å². The highest BCUT2D eigenvalue weighted by Crippen LogP contribution is 2.49. The van der Waals surface area contributed by atoms with Crippen molar-refractivity contribution in [2.45, 2.75) is 97.3 Å². The van der Waals surface area contributed by atoms with Crippen molar-refractivity contribution < 1.29 is 22.7 Å². The smallest absolute Gasteiger partial charge is 0.410 e. The molecule has 194 valence electrons. The maximum Gasteiger partial charge on any atom is 0.416 e. The molecule has 8 heteroatoms. The zero-order chi connectivity index (χ0) is 26.6. The number of pyridine rings is 1. The normalized spacial score (nSPS) is 19.4. The Kier molecular flexibility index (Phi) is 7.94. The molecule has 1 aliphatic rings. The topological polar surface area (TPSA) is 42.4 Å². The van der Waals surface area contributed by atoms with Gasteiger partial charge in [0.15, 0.2) is 8.32 Å². The zero-order valence-electron chi connectivity index (χ0n) is 21.9. The lowest BCUT2D eigenvalue weighted by molar-refractivity contribution is -0.137. The predicted molar refractivity (Wildman–Crippen MR) is 145 cm³/mol. The minimum atomic E-state index is -4.42. The monoisotopic (exact) mass is 619 g/mol. The summed E-state index contributed by atoms with van der Waals surface area (Å²) in [5.74, 6) is 0. The molecule has 0 radical (unpaired) electrons. The van der Waals surface area contributed by atoms with Gasteiger partial charge in [0, 0.05) is 26.1 Å². The molecule has 1 unspecified atom stereocenters. The van der Waals surface area contributed by atoms with Crippen molar-refractivity contribution in [3.05, 3.63) is 61.5 Å². The molecule has 1 aliphatic carbocycles. The van der Waals surface area contributed by atoms with E-state index in [1.54, 1.807) is 0 Å². The van der Waals surface area contributed by atoms with Gasteiger partial charge in [-0.25, -0.2) is 0 Å². The molecule has 2 atom stereocenters. The SMILES string of the molecule is CCc1nc2c(c(I)c1C(O)c1ccc(C(F)(F)F)cc1)[C@H](O[Si](C)(C)C(C)(C)C)CC(C)(C)C2. The summed E-state index contributed by atoms with van der Waals surface area (Å²) >= 11 is 2.29. The molecule has 3 nitrogen and oxygen atoms in total. The minimum absolute atomic E-state index is 0.0225. The van der Waals surface area contributed by atoms with Gasteiger partial charge in [0.1, 0.15) is 6.10 Å². The molecule has 0 aliphatic heterocycles. The first-order chi connectivity index (χ1) is 15.9. The van der Waals surface area contributed by atoms with Crippen LogP contribution in [0.15, 0.2) is 24.3 Å². The predicted octanol–water partition coefficient (Wildman–Crippen LogP) is 8.38. The lowest BCUT2D eigenvalue weighted by atomic mass is 9.74. The van der Waals surface area contributed by atoms with E-state index in [9.17, 15) is 18.3 Å². The van der Waals surface area contributed by atoms with E-state index in [0.29, 0.717) is 17.5 Å². The average molecular weight is 620 g/mol. The van der Waals surface area contributed by atoms with Crippen LogP contribution in [0.5, 0.6) is 0 Å². The Morgan fingerprint density at radius 2 is 1.74 bits per heavy atom. The van der Waals surface area contributed by atoms with Crippen LogP contribution in [0, 0.1) is 8.99 Å². The van der Waals surface area contributed by atoms with Gasteiger partial charge in [0.25, 0.3) is 0 Å². The molecule has 0 saturated heterocycles. The summed E-state index contributed by atoms with van der Waals surface area (Å²) in [6, 6.07) is 4.76. The third-order valence-electron chi connectivity index (χ3n) is 7.48. The molecule has 0 saturated carbocycles. The van der Waals surface area contributed by atoms with Crippen LogP contribution < -0.4 is 0 Å². The van der Waals surface area contributed by atoms with Gasteiger partial charge in [0.05, 0.1) is 11.7 Å². The van der Waals surface area contributed by atoms with Crippen molar-refractivity contribution in [3.63, 3.8) is 0 Å². The summed E-state index contributed by atoms with van der Waals surface area (Å²) in [7, 11) is -2.10. The number of hydrogen-bond donors (Lipinski definition) is 1. The number of halogens is 4. The number of nitrogens with zero attached hydrogens (tertiary/aromatic N) is 1. The van der Waals surface area contributed by atoms with Crippen molar-refractivity contribution in [3.8, 4) is 0 Å². The second-order valence-electron chi connectivity index (χ2n) is 11.9. The second-order valence-corrected chi connectivity index (χ2v) is 17.8. The lowest BCUT2D eigenvalue weighted by Gasteiger charge is -2.44. The number of hydrogen-bond acceptors (Lipinski definition) is 3. The van der Waals surface area contributed by atoms with Crippen LogP contribution in [0.1, 0.15) is 93.8 Å². The van der Waals surface area contributed by atoms with Gasteiger partial charge in [-0.15, -0.1) is 0 Å². The molecule has 1 N–H and O–H groups in total. The first kappa shape index (κ1) is 28.6. The molecule has 0 fully saturated rings.